The fourth-order valence-corrected chi connectivity index (χ4v) is 1.59. The zero-order valence-electron chi connectivity index (χ0n) is 12.3. The van der Waals surface area contributed by atoms with Gasteiger partial charge < -0.3 is 10.1 Å². The molecule has 7 heteroatoms. The van der Waals surface area contributed by atoms with Crippen molar-refractivity contribution in [1.29, 1.82) is 0 Å². The Morgan fingerprint density at radius 2 is 1.87 bits per heavy atom. The number of amides is 2. The lowest BCUT2D eigenvalue weighted by molar-refractivity contribution is -0.120. The van der Waals surface area contributed by atoms with E-state index in [9.17, 15) is 9.59 Å². The van der Waals surface area contributed by atoms with Crippen molar-refractivity contribution in [3.63, 3.8) is 0 Å². The van der Waals surface area contributed by atoms with Gasteiger partial charge in [-0.1, -0.05) is 30.3 Å². The molecule has 2 amide bonds. The summed E-state index contributed by atoms with van der Waals surface area (Å²) in [7, 11) is 0. The van der Waals surface area contributed by atoms with Gasteiger partial charge in [-0.15, -0.1) is 0 Å². The van der Waals surface area contributed by atoms with Crippen molar-refractivity contribution in [2.45, 2.75) is 6.61 Å². The van der Waals surface area contributed by atoms with E-state index >= 15 is 0 Å². The first-order chi connectivity index (χ1) is 11.2. The Morgan fingerprint density at radius 3 is 2.61 bits per heavy atom. The van der Waals surface area contributed by atoms with Crippen LogP contribution in [0.4, 0.5) is 4.79 Å². The molecule has 1 aromatic heterocycles. The van der Waals surface area contributed by atoms with E-state index < -0.39 is 12.0 Å². The van der Waals surface area contributed by atoms with Crippen molar-refractivity contribution in [2.75, 3.05) is 6.54 Å². The van der Waals surface area contributed by atoms with E-state index in [-0.39, 0.29) is 13.2 Å². The van der Waals surface area contributed by atoms with Crippen LogP contribution in [0.2, 0.25) is 0 Å². The molecule has 0 bridgehead atoms. The first-order valence-corrected chi connectivity index (χ1v) is 6.90. The molecule has 0 fully saturated rings. The molecule has 2 aromatic rings. The molecule has 7 nitrogen and oxygen atoms in total. The summed E-state index contributed by atoms with van der Waals surface area (Å²) in [6, 6.07) is 12.8. The third-order valence-electron chi connectivity index (χ3n) is 2.72. The zero-order valence-corrected chi connectivity index (χ0v) is 12.3. The smallest absolute Gasteiger partial charge is 0.407 e. The summed E-state index contributed by atoms with van der Waals surface area (Å²) in [5.41, 5.74) is 3.97. The Labute approximate surface area is 133 Å². The molecule has 0 saturated carbocycles. The van der Waals surface area contributed by atoms with Crippen LogP contribution in [0.5, 0.6) is 0 Å². The molecule has 0 saturated heterocycles. The van der Waals surface area contributed by atoms with Gasteiger partial charge in [-0.3, -0.25) is 9.78 Å². The SMILES string of the molecule is O=C(CNC(=O)OCc1ccccc1)NN=Cc1ccncc1. The minimum atomic E-state index is -0.665. The molecule has 1 heterocycles. The topological polar surface area (TPSA) is 92.7 Å². The molecule has 0 radical (unpaired) electrons. The predicted octanol–water partition coefficient (Wildman–Crippen LogP) is 1.46. The maximum atomic E-state index is 11.5. The molecule has 23 heavy (non-hydrogen) atoms. The van der Waals surface area contributed by atoms with Crippen molar-refractivity contribution in [1.82, 2.24) is 15.7 Å². The highest BCUT2D eigenvalue weighted by atomic mass is 16.5. The van der Waals surface area contributed by atoms with Crippen LogP contribution in [0.25, 0.3) is 0 Å². The summed E-state index contributed by atoms with van der Waals surface area (Å²) in [5.74, 6) is -0.452. The Morgan fingerprint density at radius 1 is 1.13 bits per heavy atom. The molecule has 0 aliphatic heterocycles. The fourth-order valence-electron chi connectivity index (χ4n) is 1.59. The average Bonchev–Trinajstić information content (AvgIpc) is 2.60. The normalized spacial score (nSPS) is 10.3. The van der Waals surface area contributed by atoms with Crippen molar-refractivity contribution >= 4 is 18.2 Å². The Kier molecular flexibility index (Phi) is 6.27. The van der Waals surface area contributed by atoms with E-state index in [1.54, 1.807) is 24.5 Å². The number of carbonyl (C=O) groups is 2. The number of rotatable bonds is 6. The largest absolute Gasteiger partial charge is 0.445 e. The van der Waals surface area contributed by atoms with Crippen LogP contribution in [0.1, 0.15) is 11.1 Å². The number of aromatic nitrogens is 1. The minimum absolute atomic E-state index is 0.147. The number of pyridine rings is 1. The van der Waals surface area contributed by atoms with Gasteiger partial charge in [-0.25, -0.2) is 10.2 Å². The number of nitrogens with zero attached hydrogens (tertiary/aromatic N) is 2. The highest BCUT2D eigenvalue weighted by Gasteiger charge is 2.05. The van der Waals surface area contributed by atoms with Crippen LogP contribution in [0.15, 0.2) is 60.0 Å². The summed E-state index contributed by atoms with van der Waals surface area (Å²) in [6.07, 6.45) is 4.05. The summed E-state index contributed by atoms with van der Waals surface area (Å²) in [4.78, 5) is 26.8. The van der Waals surface area contributed by atoms with Crippen LogP contribution in [-0.2, 0) is 16.1 Å². The van der Waals surface area contributed by atoms with Crippen molar-refractivity contribution in [2.24, 2.45) is 5.10 Å². The van der Waals surface area contributed by atoms with Crippen LogP contribution in [-0.4, -0.2) is 29.7 Å². The molecule has 1 aromatic carbocycles. The van der Waals surface area contributed by atoms with Gasteiger partial charge in [0.05, 0.1) is 6.21 Å². The van der Waals surface area contributed by atoms with Gasteiger partial charge in [-0.05, 0) is 23.3 Å². The predicted molar refractivity (Wildman–Crippen MR) is 84.6 cm³/mol. The quantitative estimate of drug-likeness (QED) is 0.624. The van der Waals surface area contributed by atoms with Crippen LogP contribution in [0.3, 0.4) is 0 Å². The maximum Gasteiger partial charge on any atom is 0.407 e. The van der Waals surface area contributed by atoms with Gasteiger partial charge in [0.1, 0.15) is 13.2 Å². The Balaban J connectivity index is 1.64. The number of hydrogen-bond donors (Lipinski definition) is 2. The van der Waals surface area contributed by atoms with Gasteiger partial charge in [0.2, 0.25) is 0 Å². The maximum absolute atomic E-state index is 11.5. The van der Waals surface area contributed by atoms with Gasteiger partial charge in [0.15, 0.2) is 0 Å². The van der Waals surface area contributed by atoms with E-state index in [0.29, 0.717) is 0 Å². The number of hydrazone groups is 1. The number of ether oxygens (including phenoxy) is 1. The van der Waals surface area contributed by atoms with E-state index in [2.05, 4.69) is 20.8 Å². The fraction of sp³-hybridized carbons (Fsp3) is 0.125. The second-order valence-electron chi connectivity index (χ2n) is 4.49. The Bertz CT molecular complexity index is 660. The molecule has 0 spiro atoms. The number of alkyl carbamates (subject to hydrolysis) is 1. The minimum Gasteiger partial charge on any atom is -0.445 e. The van der Waals surface area contributed by atoms with E-state index in [1.165, 1.54) is 6.21 Å². The molecule has 2 rings (SSSR count). The van der Waals surface area contributed by atoms with E-state index in [0.717, 1.165) is 11.1 Å². The first-order valence-electron chi connectivity index (χ1n) is 6.90. The van der Waals surface area contributed by atoms with Gasteiger partial charge in [0.25, 0.3) is 5.91 Å². The summed E-state index contributed by atoms with van der Waals surface area (Å²) in [5, 5.41) is 6.11. The van der Waals surface area contributed by atoms with Crippen molar-refractivity contribution in [3.8, 4) is 0 Å². The lowest BCUT2D eigenvalue weighted by Gasteiger charge is -2.06. The van der Waals surface area contributed by atoms with E-state index in [1.807, 2.05) is 30.3 Å². The zero-order chi connectivity index (χ0) is 16.3. The van der Waals surface area contributed by atoms with Gasteiger partial charge in [0, 0.05) is 12.4 Å². The molecular formula is C16H16N4O3. The molecule has 0 aliphatic carbocycles. The van der Waals surface area contributed by atoms with E-state index in [4.69, 9.17) is 4.74 Å². The molecule has 118 valence electrons. The number of nitrogens with one attached hydrogen (secondary N) is 2. The second-order valence-corrected chi connectivity index (χ2v) is 4.49. The molecule has 0 atom stereocenters. The third-order valence-corrected chi connectivity index (χ3v) is 2.72. The van der Waals surface area contributed by atoms with Gasteiger partial charge in [-0.2, -0.15) is 5.10 Å². The number of benzene rings is 1. The first kappa shape index (κ1) is 16.2. The summed E-state index contributed by atoms with van der Waals surface area (Å²) >= 11 is 0. The summed E-state index contributed by atoms with van der Waals surface area (Å²) < 4.78 is 4.98. The second kappa shape index (κ2) is 8.93. The number of carbonyl (C=O) groups excluding carboxylic acids is 2. The van der Waals surface area contributed by atoms with Crippen LogP contribution >= 0.6 is 0 Å². The highest BCUT2D eigenvalue weighted by molar-refractivity contribution is 5.84. The molecule has 0 unspecified atom stereocenters. The number of hydrogen-bond acceptors (Lipinski definition) is 5. The lowest BCUT2D eigenvalue weighted by atomic mass is 10.2. The van der Waals surface area contributed by atoms with Crippen molar-refractivity contribution in [3.05, 3.63) is 66.0 Å². The Hall–Kier alpha value is -3.22. The highest BCUT2D eigenvalue weighted by Crippen LogP contribution is 2.00. The van der Waals surface area contributed by atoms with Crippen LogP contribution < -0.4 is 10.7 Å². The van der Waals surface area contributed by atoms with Gasteiger partial charge >= 0.3 is 6.09 Å². The molecule has 0 aliphatic rings. The monoisotopic (exact) mass is 312 g/mol. The third kappa shape index (κ3) is 6.38. The van der Waals surface area contributed by atoms with Crippen LogP contribution in [0, 0.1) is 0 Å². The van der Waals surface area contributed by atoms with Crippen molar-refractivity contribution < 1.29 is 14.3 Å². The standard InChI is InChI=1S/C16H16N4O3/c21-15(20-19-10-13-6-8-17-9-7-13)11-18-16(22)23-12-14-4-2-1-3-5-14/h1-10H,11-12H2,(H,18,22)(H,20,21). The summed E-state index contributed by atoms with van der Waals surface area (Å²) in [6.45, 7) is -0.0736. The average molecular weight is 312 g/mol. The lowest BCUT2D eigenvalue weighted by Crippen LogP contribution is -2.35. The molecular weight excluding hydrogens is 296 g/mol. The molecule has 2 N–H and O–H groups in total.